The van der Waals surface area contributed by atoms with Crippen molar-refractivity contribution in [3.05, 3.63) is 24.3 Å². The first kappa shape index (κ1) is 18.4. The van der Waals surface area contributed by atoms with Crippen LogP contribution < -0.4 is 14.8 Å². The van der Waals surface area contributed by atoms with Crippen molar-refractivity contribution in [1.29, 1.82) is 0 Å². The maximum absolute atomic E-state index is 12.4. The number of ether oxygens (including phenoxy) is 1. The molecule has 1 saturated carbocycles. The smallest absolute Gasteiger partial charge is 0.289 e. The zero-order valence-corrected chi connectivity index (χ0v) is 14.6. The van der Waals surface area contributed by atoms with Gasteiger partial charge in [0.15, 0.2) is 0 Å². The van der Waals surface area contributed by atoms with Crippen LogP contribution >= 0.6 is 0 Å². The number of ketones is 1. The Morgan fingerprint density at radius 3 is 2.38 bits per heavy atom. The molecule has 2 rings (SSSR count). The Morgan fingerprint density at radius 1 is 1.25 bits per heavy atom. The lowest BCUT2D eigenvalue weighted by atomic mass is 10.1. The molecule has 1 aromatic rings. The zero-order valence-electron chi connectivity index (χ0n) is 13.7. The molecule has 8 heteroatoms. The first-order valence-electron chi connectivity index (χ1n) is 7.88. The van der Waals surface area contributed by atoms with Gasteiger partial charge < -0.3 is 10.1 Å². The summed E-state index contributed by atoms with van der Waals surface area (Å²) in [5.74, 6) is -0.951. The molecule has 132 valence electrons. The summed E-state index contributed by atoms with van der Waals surface area (Å²) in [6.45, 7) is 1.82. The van der Waals surface area contributed by atoms with E-state index in [1.54, 1.807) is 0 Å². The number of amides is 1. The first-order valence-corrected chi connectivity index (χ1v) is 9.36. The number of carbonyl (C=O) groups is 2. The van der Waals surface area contributed by atoms with Crippen LogP contribution in [0, 0.1) is 0 Å². The summed E-state index contributed by atoms with van der Waals surface area (Å²) in [5.41, 5.74) is 0. The van der Waals surface area contributed by atoms with E-state index in [2.05, 4.69) is 10.0 Å². The molecule has 0 heterocycles. The summed E-state index contributed by atoms with van der Waals surface area (Å²) in [7, 11) is -2.42. The summed E-state index contributed by atoms with van der Waals surface area (Å²) in [6, 6.07) is 4.79. The predicted octanol–water partition coefficient (Wildman–Crippen LogP) is 0.990. The molecule has 1 fully saturated rings. The van der Waals surface area contributed by atoms with Gasteiger partial charge in [-0.1, -0.05) is 13.3 Å². The molecule has 7 nitrogen and oxygen atoms in total. The molecule has 0 unspecified atom stereocenters. The molecule has 1 amide bonds. The summed E-state index contributed by atoms with van der Waals surface area (Å²) < 4.78 is 32.2. The quantitative estimate of drug-likeness (QED) is 0.644. The Kier molecular flexibility index (Phi) is 5.95. The number of sulfonamides is 1. The van der Waals surface area contributed by atoms with Crippen molar-refractivity contribution in [2.24, 2.45) is 0 Å². The minimum atomic E-state index is -3.90. The second kappa shape index (κ2) is 7.76. The number of carbonyl (C=O) groups excluding carboxylic acids is 2. The van der Waals surface area contributed by atoms with E-state index in [-0.39, 0.29) is 17.4 Å². The zero-order chi connectivity index (χ0) is 17.7. The van der Waals surface area contributed by atoms with Gasteiger partial charge in [0, 0.05) is 6.04 Å². The summed E-state index contributed by atoms with van der Waals surface area (Å²) >= 11 is 0. The van der Waals surface area contributed by atoms with Gasteiger partial charge in [0.2, 0.25) is 15.8 Å². The van der Waals surface area contributed by atoms with Gasteiger partial charge in [0.05, 0.1) is 18.0 Å². The van der Waals surface area contributed by atoms with Crippen LogP contribution in [0.25, 0.3) is 0 Å². The van der Waals surface area contributed by atoms with E-state index in [0.717, 1.165) is 12.8 Å². The highest BCUT2D eigenvalue weighted by Gasteiger charge is 2.32. The highest BCUT2D eigenvalue weighted by atomic mass is 32.2. The Bertz CT molecular complexity index is 696. The molecule has 0 aromatic heterocycles. The third-order valence-electron chi connectivity index (χ3n) is 3.70. The first-order chi connectivity index (χ1) is 11.4. The topological polar surface area (TPSA) is 102 Å². The molecule has 24 heavy (non-hydrogen) atoms. The second-order valence-corrected chi connectivity index (χ2v) is 7.46. The Labute approximate surface area is 141 Å². The molecule has 0 bridgehead atoms. The molecular formula is C16H22N2O5S. The lowest BCUT2D eigenvalue weighted by molar-refractivity contribution is -0.139. The monoisotopic (exact) mass is 354 g/mol. The Balaban J connectivity index is 2.11. The van der Waals surface area contributed by atoms with E-state index in [0.29, 0.717) is 12.2 Å². The maximum Gasteiger partial charge on any atom is 0.289 e. The molecule has 0 spiro atoms. The fourth-order valence-electron chi connectivity index (χ4n) is 2.18. The number of hydrogen-bond acceptors (Lipinski definition) is 5. The van der Waals surface area contributed by atoms with E-state index in [4.69, 9.17) is 4.74 Å². The average Bonchev–Trinajstić information content (AvgIpc) is 3.37. The van der Waals surface area contributed by atoms with Crippen molar-refractivity contribution in [2.45, 2.75) is 49.6 Å². The van der Waals surface area contributed by atoms with Crippen LogP contribution in [-0.2, 0) is 19.6 Å². The molecular weight excluding hydrogens is 332 g/mol. The molecule has 2 N–H and O–H groups in total. The van der Waals surface area contributed by atoms with Crippen LogP contribution in [0.5, 0.6) is 5.75 Å². The van der Waals surface area contributed by atoms with Crippen molar-refractivity contribution >= 4 is 21.7 Å². The standard InChI is InChI=1S/C16H22N2O5S/c1-3-4-14(15(19)16(20)17-11-5-6-11)18-24(21,22)13-9-7-12(23-2)8-10-13/h7-11,14,18H,3-6H2,1-2H3,(H,17,20)/t14-/m0/s1. The summed E-state index contributed by atoms with van der Waals surface area (Å²) in [6.07, 6.45) is 2.54. The van der Waals surface area contributed by atoms with Crippen LogP contribution in [0.2, 0.25) is 0 Å². The number of hydrogen-bond donors (Lipinski definition) is 2. The highest BCUT2D eigenvalue weighted by Crippen LogP contribution is 2.19. The number of rotatable bonds is 9. The van der Waals surface area contributed by atoms with Crippen LogP contribution in [0.15, 0.2) is 29.2 Å². The maximum atomic E-state index is 12.4. The van der Waals surface area contributed by atoms with E-state index in [1.807, 2.05) is 6.92 Å². The number of nitrogens with one attached hydrogen (secondary N) is 2. The van der Waals surface area contributed by atoms with Crippen LogP contribution in [0.1, 0.15) is 32.6 Å². The number of Topliss-reactive ketones (excluding diaryl/α,β-unsaturated/α-hetero) is 1. The van der Waals surface area contributed by atoms with Gasteiger partial charge in [-0.2, -0.15) is 0 Å². The van der Waals surface area contributed by atoms with E-state index in [9.17, 15) is 18.0 Å². The lowest BCUT2D eigenvalue weighted by Crippen LogP contribution is -2.47. The van der Waals surface area contributed by atoms with Crippen molar-refractivity contribution < 1.29 is 22.7 Å². The Morgan fingerprint density at radius 2 is 1.88 bits per heavy atom. The second-order valence-electron chi connectivity index (χ2n) is 5.75. The number of methoxy groups -OCH3 is 1. The predicted molar refractivity (Wildman–Crippen MR) is 88.2 cm³/mol. The highest BCUT2D eigenvalue weighted by molar-refractivity contribution is 7.89. The van der Waals surface area contributed by atoms with Gasteiger partial charge in [0.1, 0.15) is 5.75 Å². The number of benzene rings is 1. The largest absolute Gasteiger partial charge is 0.497 e. The van der Waals surface area contributed by atoms with E-state index in [1.165, 1.54) is 31.4 Å². The summed E-state index contributed by atoms with van der Waals surface area (Å²) in [5, 5.41) is 2.59. The molecule has 0 saturated heterocycles. The summed E-state index contributed by atoms with van der Waals surface area (Å²) in [4.78, 5) is 24.2. The van der Waals surface area contributed by atoms with E-state index >= 15 is 0 Å². The molecule has 1 aliphatic rings. The van der Waals surface area contributed by atoms with Crippen molar-refractivity contribution in [3.63, 3.8) is 0 Å². The molecule has 0 aliphatic heterocycles. The van der Waals surface area contributed by atoms with Crippen LogP contribution in [0.3, 0.4) is 0 Å². The third kappa shape index (κ3) is 4.78. The van der Waals surface area contributed by atoms with Crippen LogP contribution in [-0.4, -0.2) is 39.3 Å². The fraction of sp³-hybridized carbons (Fsp3) is 0.500. The molecule has 1 aliphatic carbocycles. The third-order valence-corrected chi connectivity index (χ3v) is 5.18. The van der Waals surface area contributed by atoms with Crippen LogP contribution in [0.4, 0.5) is 0 Å². The van der Waals surface area contributed by atoms with Gasteiger partial charge in [-0.25, -0.2) is 13.1 Å². The Hall–Kier alpha value is -1.93. The normalized spacial score (nSPS) is 15.6. The SMILES string of the molecule is CCC[C@H](NS(=O)(=O)c1ccc(OC)cc1)C(=O)C(=O)NC1CC1. The molecule has 0 radical (unpaired) electrons. The van der Waals surface area contributed by atoms with Gasteiger partial charge in [0.25, 0.3) is 5.91 Å². The van der Waals surface area contributed by atoms with Gasteiger partial charge in [-0.05, 0) is 43.5 Å². The van der Waals surface area contributed by atoms with Crippen molar-refractivity contribution in [3.8, 4) is 5.75 Å². The van der Waals surface area contributed by atoms with Gasteiger partial charge in [-0.15, -0.1) is 0 Å². The van der Waals surface area contributed by atoms with Crippen molar-refractivity contribution in [2.75, 3.05) is 7.11 Å². The minimum absolute atomic E-state index is 0.0137. The minimum Gasteiger partial charge on any atom is -0.497 e. The lowest BCUT2D eigenvalue weighted by Gasteiger charge is -2.17. The van der Waals surface area contributed by atoms with Gasteiger partial charge in [-0.3, -0.25) is 9.59 Å². The van der Waals surface area contributed by atoms with Crippen molar-refractivity contribution in [1.82, 2.24) is 10.0 Å². The molecule has 1 atom stereocenters. The molecule has 1 aromatic carbocycles. The average molecular weight is 354 g/mol. The van der Waals surface area contributed by atoms with E-state index < -0.39 is 27.8 Å². The fourth-order valence-corrected chi connectivity index (χ4v) is 3.41. The van der Waals surface area contributed by atoms with Gasteiger partial charge >= 0.3 is 0 Å².